The van der Waals surface area contributed by atoms with Crippen LogP contribution in [-0.2, 0) is 23.6 Å². The van der Waals surface area contributed by atoms with Crippen molar-refractivity contribution in [1.29, 1.82) is 0 Å². The molecule has 0 aliphatic carbocycles. The van der Waals surface area contributed by atoms with E-state index in [1.54, 1.807) is 0 Å². The van der Waals surface area contributed by atoms with Gasteiger partial charge in [-0.15, -0.1) is 0 Å². The van der Waals surface area contributed by atoms with Gasteiger partial charge >= 0.3 is 11.9 Å². The standard InChI is InChI=1S/C15H29NO5P/c1-5-6-10-20-14(17)7-8-15(18)21-11-13-22(19)12-9-16(2,3)4/h7-8,22H,5-6,9-13H2,1-4H3/q+1/b8-7+. The molecule has 0 N–H and O–H groups in total. The zero-order valence-electron chi connectivity index (χ0n) is 14.1. The third-order valence-electron chi connectivity index (χ3n) is 2.78. The maximum atomic E-state index is 11.8. The molecule has 0 rings (SSSR count). The molecule has 1 unspecified atom stereocenters. The first kappa shape index (κ1) is 20.9. The van der Waals surface area contributed by atoms with Gasteiger partial charge in [-0.2, -0.15) is 0 Å². The number of hydrogen-bond acceptors (Lipinski definition) is 5. The van der Waals surface area contributed by atoms with Crippen molar-refractivity contribution >= 4 is 19.7 Å². The highest BCUT2D eigenvalue weighted by Crippen LogP contribution is 2.19. The minimum atomic E-state index is -1.72. The van der Waals surface area contributed by atoms with E-state index in [4.69, 9.17) is 9.47 Å². The molecule has 22 heavy (non-hydrogen) atoms. The van der Waals surface area contributed by atoms with Crippen LogP contribution in [0.3, 0.4) is 0 Å². The quantitative estimate of drug-likeness (QED) is 0.189. The Morgan fingerprint density at radius 3 is 2.05 bits per heavy atom. The van der Waals surface area contributed by atoms with E-state index in [2.05, 4.69) is 0 Å². The summed E-state index contributed by atoms with van der Waals surface area (Å²) in [6, 6.07) is 0. The number of ether oxygens (including phenoxy) is 2. The van der Waals surface area contributed by atoms with E-state index in [0.717, 1.165) is 36.0 Å². The van der Waals surface area contributed by atoms with Crippen molar-refractivity contribution in [1.82, 2.24) is 0 Å². The Morgan fingerprint density at radius 1 is 1.00 bits per heavy atom. The lowest BCUT2D eigenvalue weighted by molar-refractivity contribution is -0.867. The van der Waals surface area contributed by atoms with Crippen LogP contribution in [0.1, 0.15) is 19.8 Å². The molecule has 7 heteroatoms. The Morgan fingerprint density at radius 2 is 1.55 bits per heavy atom. The summed E-state index contributed by atoms with van der Waals surface area (Å²) in [5.74, 6) is -1.17. The van der Waals surface area contributed by atoms with Gasteiger partial charge in [-0.3, -0.25) is 0 Å². The summed E-state index contributed by atoms with van der Waals surface area (Å²) in [7, 11) is 4.40. The first-order valence-corrected chi connectivity index (χ1v) is 9.40. The van der Waals surface area contributed by atoms with Gasteiger partial charge in [0, 0.05) is 24.5 Å². The third-order valence-corrected chi connectivity index (χ3v) is 4.33. The molecule has 0 amide bonds. The fourth-order valence-corrected chi connectivity index (χ4v) is 2.90. The predicted molar refractivity (Wildman–Crippen MR) is 87.6 cm³/mol. The molecular weight excluding hydrogens is 305 g/mol. The predicted octanol–water partition coefficient (Wildman–Crippen LogP) is 1.69. The maximum Gasteiger partial charge on any atom is 0.331 e. The molecule has 0 fully saturated rings. The van der Waals surface area contributed by atoms with Crippen LogP contribution in [0.4, 0.5) is 0 Å². The number of quaternary nitrogens is 1. The van der Waals surface area contributed by atoms with Gasteiger partial charge in [0.05, 0.1) is 48.7 Å². The molecule has 0 bridgehead atoms. The van der Waals surface area contributed by atoms with Crippen LogP contribution in [0, 0.1) is 0 Å². The van der Waals surface area contributed by atoms with Crippen molar-refractivity contribution in [3.8, 4) is 0 Å². The van der Waals surface area contributed by atoms with E-state index < -0.39 is 19.7 Å². The minimum Gasteiger partial charge on any atom is -0.463 e. The molecule has 0 saturated heterocycles. The van der Waals surface area contributed by atoms with E-state index in [-0.39, 0.29) is 6.61 Å². The van der Waals surface area contributed by atoms with Crippen LogP contribution in [0.2, 0.25) is 0 Å². The van der Waals surface area contributed by atoms with Crippen LogP contribution in [-0.4, -0.2) is 69.6 Å². The van der Waals surface area contributed by atoms with Gasteiger partial charge in [-0.1, -0.05) is 13.3 Å². The van der Waals surface area contributed by atoms with Crippen molar-refractivity contribution in [2.24, 2.45) is 0 Å². The van der Waals surface area contributed by atoms with Crippen molar-refractivity contribution in [3.63, 3.8) is 0 Å². The zero-order chi connectivity index (χ0) is 17.0. The summed E-state index contributed by atoms with van der Waals surface area (Å²) in [6.45, 7) is 3.29. The van der Waals surface area contributed by atoms with Gasteiger partial charge in [-0.25, -0.2) is 9.59 Å². The van der Waals surface area contributed by atoms with Crippen molar-refractivity contribution in [3.05, 3.63) is 12.2 Å². The minimum absolute atomic E-state index is 0.114. The zero-order valence-corrected chi connectivity index (χ0v) is 15.1. The number of carbonyl (C=O) groups is 2. The van der Waals surface area contributed by atoms with Crippen LogP contribution in [0.5, 0.6) is 0 Å². The Kier molecular flexibility index (Phi) is 10.9. The molecule has 0 radical (unpaired) electrons. The van der Waals surface area contributed by atoms with Crippen molar-refractivity contribution in [2.75, 3.05) is 53.2 Å². The van der Waals surface area contributed by atoms with Crippen LogP contribution >= 0.6 is 7.80 Å². The summed E-state index contributed by atoms with van der Waals surface area (Å²) in [5, 5.41) is 0. The normalized spacial score (nSPS) is 13.1. The number of nitrogens with zero attached hydrogens (tertiary/aromatic N) is 1. The SMILES string of the molecule is CCCCOC(=O)/C=C/C(=O)OCC[PH](=O)CC[N+](C)(C)C. The van der Waals surface area contributed by atoms with Gasteiger partial charge < -0.3 is 18.5 Å². The highest BCUT2D eigenvalue weighted by Gasteiger charge is 2.10. The summed E-state index contributed by atoms with van der Waals surface area (Å²) in [4.78, 5) is 22.6. The molecule has 0 spiro atoms. The summed E-state index contributed by atoms with van der Waals surface area (Å²) in [6.07, 6.45) is 4.85. The maximum absolute atomic E-state index is 11.8. The highest BCUT2D eigenvalue weighted by atomic mass is 31.1. The number of esters is 2. The fraction of sp³-hybridized carbons (Fsp3) is 0.733. The highest BCUT2D eigenvalue weighted by molar-refractivity contribution is 7.44. The molecule has 128 valence electrons. The lowest BCUT2D eigenvalue weighted by Crippen LogP contribution is -2.36. The summed E-state index contributed by atoms with van der Waals surface area (Å²) < 4.78 is 22.3. The second kappa shape index (κ2) is 11.4. The van der Waals surface area contributed by atoms with Crippen LogP contribution < -0.4 is 0 Å². The molecule has 1 atom stereocenters. The first-order valence-electron chi connectivity index (χ1n) is 7.58. The van der Waals surface area contributed by atoms with Gasteiger partial charge in [0.1, 0.15) is 0 Å². The van der Waals surface area contributed by atoms with E-state index >= 15 is 0 Å². The number of unbranched alkanes of at least 4 members (excludes halogenated alkanes) is 1. The Hall–Kier alpha value is -1.13. The second-order valence-electron chi connectivity index (χ2n) is 6.07. The summed E-state index contributed by atoms with van der Waals surface area (Å²) >= 11 is 0. The van der Waals surface area contributed by atoms with Crippen molar-refractivity contribution in [2.45, 2.75) is 19.8 Å². The molecule has 0 aliphatic heterocycles. The monoisotopic (exact) mass is 334 g/mol. The van der Waals surface area contributed by atoms with Gasteiger partial charge in [0.15, 0.2) is 0 Å². The molecule has 0 aromatic rings. The molecule has 0 aliphatic rings. The third kappa shape index (κ3) is 13.8. The van der Waals surface area contributed by atoms with E-state index in [1.165, 1.54) is 0 Å². The van der Waals surface area contributed by atoms with Gasteiger partial charge in [0.25, 0.3) is 0 Å². The van der Waals surface area contributed by atoms with Gasteiger partial charge in [-0.05, 0) is 6.42 Å². The summed E-state index contributed by atoms with van der Waals surface area (Å²) in [5.41, 5.74) is 0. The molecule has 0 aromatic carbocycles. The number of carbonyl (C=O) groups excluding carboxylic acids is 2. The Labute approximate surface area is 133 Å². The number of hydrogen-bond donors (Lipinski definition) is 0. The van der Waals surface area contributed by atoms with E-state index in [1.807, 2.05) is 28.1 Å². The van der Waals surface area contributed by atoms with E-state index in [0.29, 0.717) is 18.9 Å². The molecule has 6 nitrogen and oxygen atoms in total. The number of rotatable bonds is 11. The smallest absolute Gasteiger partial charge is 0.331 e. The molecule has 0 aromatic heterocycles. The van der Waals surface area contributed by atoms with Crippen molar-refractivity contribution < 1.29 is 28.1 Å². The Balaban J connectivity index is 3.81. The lowest BCUT2D eigenvalue weighted by Gasteiger charge is -2.23. The van der Waals surface area contributed by atoms with Crippen LogP contribution in [0.15, 0.2) is 12.2 Å². The molecular formula is C15H29NO5P+. The van der Waals surface area contributed by atoms with Crippen LogP contribution in [0.25, 0.3) is 0 Å². The molecule has 0 heterocycles. The lowest BCUT2D eigenvalue weighted by atomic mass is 10.4. The average molecular weight is 334 g/mol. The fourth-order valence-electron chi connectivity index (χ4n) is 1.40. The van der Waals surface area contributed by atoms with Gasteiger partial charge in [0.2, 0.25) is 0 Å². The largest absolute Gasteiger partial charge is 0.463 e. The van der Waals surface area contributed by atoms with E-state index in [9.17, 15) is 14.2 Å². The topological polar surface area (TPSA) is 69.7 Å². The molecule has 0 saturated carbocycles. The first-order chi connectivity index (χ1) is 10.2. The average Bonchev–Trinajstić information content (AvgIpc) is 2.42. The Bertz CT molecular complexity index is 401. The second-order valence-corrected chi connectivity index (χ2v) is 8.15.